The molecule has 2 rings (SSSR count). The highest BCUT2D eigenvalue weighted by Gasteiger charge is 2.46. The summed E-state index contributed by atoms with van der Waals surface area (Å²) in [4.78, 5) is 0. The molecule has 0 spiro atoms. The summed E-state index contributed by atoms with van der Waals surface area (Å²) in [5, 5.41) is 0.831. The zero-order valence-electron chi connectivity index (χ0n) is 7.47. The molecule has 0 bridgehead atoms. The van der Waals surface area contributed by atoms with Gasteiger partial charge in [-0.2, -0.15) is 0 Å². The molecule has 1 aromatic rings. The zero-order valence-corrected chi connectivity index (χ0v) is 8.23. The van der Waals surface area contributed by atoms with Gasteiger partial charge in [-0.05, 0) is 35.4 Å². The van der Waals surface area contributed by atoms with E-state index in [9.17, 15) is 0 Å². The lowest BCUT2D eigenvalue weighted by molar-refractivity contribution is 0.622. The second-order valence-corrected chi connectivity index (χ2v) is 4.73. The minimum atomic E-state index is 0.522. The molecular formula is C11H13Cl. The molecule has 0 N–H and O–H groups in total. The quantitative estimate of drug-likeness (QED) is 0.616. The molecule has 12 heavy (non-hydrogen) atoms. The summed E-state index contributed by atoms with van der Waals surface area (Å²) < 4.78 is 0. The van der Waals surface area contributed by atoms with Crippen LogP contribution in [0, 0.1) is 5.41 Å². The molecule has 0 saturated heterocycles. The fraction of sp³-hybridized carbons (Fsp3) is 0.455. The Morgan fingerprint density at radius 1 is 1.25 bits per heavy atom. The molecule has 0 nitrogen and oxygen atoms in total. The first-order chi connectivity index (χ1) is 5.59. The lowest BCUT2D eigenvalue weighted by atomic mass is 10.0. The van der Waals surface area contributed by atoms with Crippen molar-refractivity contribution in [2.45, 2.75) is 26.2 Å². The van der Waals surface area contributed by atoms with Crippen LogP contribution in [-0.4, -0.2) is 0 Å². The Balaban J connectivity index is 2.21. The number of hydrogen-bond donors (Lipinski definition) is 0. The summed E-state index contributed by atoms with van der Waals surface area (Å²) in [6.45, 7) is 4.62. The standard InChI is InChI=1S/C11H13Cl/c1-11(2)7-10(11)8-3-5-9(12)6-4-8/h3-6,10H,7H2,1-2H3. The van der Waals surface area contributed by atoms with Crippen molar-refractivity contribution in [3.8, 4) is 0 Å². The van der Waals surface area contributed by atoms with Crippen LogP contribution in [-0.2, 0) is 0 Å². The van der Waals surface area contributed by atoms with E-state index >= 15 is 0 Å². The van der Waals surface area contributed by atoms with E-state index in [1.807, 2.05) is 12.1 Å². The maximum atomic E-state index is 5.81. The monoisotopic (exact) mass is 180 g/mol. The van der Waals surface area contributed by atoms with Crippen LogP contribution in [0.2, 0.25) is 5.02 Å². The number of halogens is 1. The largest absolute Gasteiger partial charge is 0.0843 e. The van der Waals surface area contributed by atoms with Gasteiger partial charge in [-0.3, -0.25) is 0 Å². The van der Waals surface area contributed by atoms with Gasteiger partial charge in [0.2, 0.25) is 0 Å². The summed E-state index contributed by atoms with van der Waals surface area (Å²) in [6, 6.07) is 8.24. The second-order valence-electron chi connectivity index (χ2n) is 4.30. The Morgan fingerprint density at radius 2 is 1.75 bits per heavy atom. The predicted molar refractivity (Wildman–Crippen MR) is 52.6 cm³/mol. The van der Waals surface area contributed by atoms with Crippen LogP contribution in [0.25, 0.3) is 0 Å². The summed E-state index contributed by atoms with van der Waals surface area (Å²) in [5.74, 6) is 0.759. The maximum Gasteiger partial charge on any atom is 0.0406 e. The van der Waals surface area contributed by atoms with E-state index in [0.29, 0.717) is 5.41 Å². The molecule has 0 heterocycles. The molecule has 0 radical (unpaired) electrons. The number of hydrogen-bond acceptors (Lipinski definition) is 0. The molecule has 64 valence electrons. The highest BCUT2D eigenvalue weighted by Crippen LogP contribution is 2.58. The van der Waals surface area contributed by atoms with Gasteiger partial charge < -0.3 is 0 Å². The Kier molecular flexibility index (Phi) is 1.69. The molecule has 0 aromatic heterocycles. The van der Waals surface area contributed by atoms with Crippen LogP contribution in [0.5, 0.6) is 0 Å². The predicted octanol–water partition coefficient (Wildman–Crippen LogP) is 3.85. The van der Waals surface area contributed by atoms with Gasteiger partial charge >= 0.3 is 0 Å². The van der Waals surface area contributed by atoms with Gasteiger partial charge in [0, 0.05) is 5.02 Å². The molecule has 1 atom stereocenters. The maximum absolute atomic E-state index is 5.81. The van der Waals surface area contributed by atoms with Gasteiger partial charge in [-0.15, -0.1) is 0 Å². The number of rotatable bonds is 1. The van der Waals surface area contributed by atoms with Crippen molar-refractivity contribution in [2.24, 2.45) is 5.41 Å². The van der Waals surface area contributed by atoms with E-state index in [4.69, 9.17) is 11.6 Å². The Labute approximate surface area is 78.6 Å². The van der Waals surface area contributed by atoms with Crippen molar-refractivity contribution >= 4 is 11.6 Å². The van der Waals surface area contributed by atoms with E-state index in [1.165, 1.54) is 12.0 Å². The summed E-state index contributed by atoms with van der Waals surface area (Å²) in [5.41, 5.74) is 1.96. The second kappa shape index (κ2) is 2.50. The fourth-order valence-electron chi connectivity index (χ4n) is 1.73. The molecule has 1 aliphatic rings. The van der Waals surface area contributed by atoms with Crippen LogP contribution >= 0.6 is 11.6 Å². The highest BCUT2D eigenvalue weighted by molar-refractivity contribution is 6.30. The fourth-order valence-corrected chi connectivity index (χ4v) is 1.86. The smallest absolute Gasteiger partial charge is 0.0406 e. The topological polar surface area (TPSA) is 0 Å². The van der Waals surface area contributed by atoms with E-state index in [-0.39, 0.29) is 0 Å². The molecule has 1 saturated carbocycles. The molecule has 1 unspecified atom stereocenters. The Bertz CT molecular complexity index is 284. The van der Waals surface area contributed by atoms with E-state index in [0.717, 1.165) is 10.9 Å². The van der Waals surface area contributed by atoms with Crippen LogP contribution in [0.3, 0.4) is 0 Å². The molecule has 1 heteroatoms. The first-order valence-electron chi connectivity index (χ1n) is 4.35. The number of benzene rings is 1. The SMILES string of the molecule is CC1(C)CC1c1ccc(Cl)cc1. The lowest BCUT2D eigenvalue weighted by Crippen LogP contribution is -1.88. The average molecular weight is 181 g/mol. The van der Waals surface area contributed by atoms with Crippen LogP contribution in [0.15, 0.2) is 24.3 Å². The molecule has 1 aliphatic carbocycles. The molecule has 0 aliphatic heterocycles. The first-order valence-corrected chi connectivity index (χ1v) is 4.73. The Hall–Kier alpha value is -0.490. The minimum Gasteiger partial charge on any atom is -0.0843 e. The van der Waals surface area contributed by atoms with Crippen LogP contribution in [0.4, 0.5) is 0 Å². The average Bonchev–Trinajstić information content (AvgIpc) is 2.61. The Morgan fingerprint density at radius 3 is 2.17 bits per heavy atom. The summed E-state index contributed by atoms with van der Waals surface area (Å²) in [7, 11) is 0. The normalized spacial score (nSPS) is 25.4. The highest BCUT2D eigenvalue weighted by atomic mass is 35.5. The third-order valence-corrected chi connectivity index (χ3v) is 3.04. The van der Waals surface area contributed by atoms with Crippen molar-refractivity contribution < 1.29 is 0 Å². The van der Waals surface area contributed by atoms with Crippen molar-refractivity contribution in [2.75, 3.05) is 0 Å². The van der Waals surface area contributed by atoms with Crippen molar-refractivity contribution in [3.63, 3.8) is 0 Å². The molecule has 1 aromatic carbocycles. The van der Waals surface area contributed by atoms with E-state index in [2.05, 4.69) is 26.0 Å². The summed E-state index contributed by atoms with van der Waals surface area (Å²) >= 11 is 5.81. The van der Waals surface area contributed by atoms with Gasteiger partial charge in [0.15, 0.2) is 0 Å². The first kappa shape index (κ1) is 8.12. The van der Waals surface area contributed by atoms with Gasteiger partial charge in [0.1, 0.15) is 0 Å². The van der Waals surface area contributed by atoms with Crippen molar-refractivity contribution in [1.29, 1.82) is 0 Å². The van der Waals surface area contributed by atoms with E-state index < -0.39 is 0 Å². The third kappa shape index (κ3) is 1.36. The molecule has 1 fully saturated rings. The van der Waals surface area contributed by atoms with E-state index in [1.54, 1.807) is 0 Å². The van der Waals surface area contributed by atoms with Crippen LogP contribution < -0.4 is 0 Å². The van der Waals surface area contributed by atoms with Crippen LogP contribution in [0.1, 0.15) is 31.7 Å². The zero-order chi connectivity index (χ0) is 8.77. The summed E-state index contributed by atoms with van der Waals surface area (Å²) in [6.07, 6.45) is 1.31. The minimum absolute atomic E-state index is 0.522. The van der Waals surface area contributed by atoms with Gasteiger partial charge in [0.25, 0.3) is 0 Å². The van der Waals surface area contributed by atoms with Gasteiger partial charge in [-0.1, -0.05) is 37.6 Å². The third-order valence-electron chi connectivity index (χ3n) is 2.79. The van der Waals surface area contributed by atoms with Gasteiger partial charge in [0.05, 0.1) is 0 Å². The van der Waals surface area contributed by atoms with Crippen molar-refractivity contribution in [1.82, 2.24) is 0 Å². The molecular weight excluding hydrogens is 168 g/mol. The lowest BCUT2D eigenvalue weighted by Gasteiger charge is -2.02. The van der Waals surface area contributed by atoms with Crippen molar-refractivity contribution in [3.05, 3.63) is 34.9 Å². The molecule has 0 amide bonds. The van der Waals surface area contributed by atoms with Gasteiger partial charge in [-0.25, -0.2) is 0 Å².